The van der Waals surface area contributed by atoms with E-state index in [2.05, 4.69) is 37.2 Å². The summed E-state index contributed by atoms with van der Waals surface area (Å²) in [5.74, 6) is 0.298. The minimum absolute atomic E-state index is 0.0918. The fraction of sp³-hybridized carbons (Fsp3) is 0.133. The second kappa shape index (κ2) is 5.22. The molecule has 0 radical (unpaired) electrons. The smallest absolute Gasteiger partial charge is 0.167 e. The zero-order valence-electron chi connectivity index (χ0n) is 10.4. The number of hydrogen-bond acceptors (Lipinski definition) is 3. The number of Topliss-reactive ketones (excluding diaryl/α,β-unsaturated/α-hetero) is 1. The normalized spacial score (nSPS) is 17.5. The van der Waals surface area contributed by atoms with Crippen LogP contribution in [-0.4, -0.2) is 10.9 Å². The van der Waals surface area contributed by atoms with Crippen LogP contribution in [0.1, 0.15) is 28.4 Å². The molecule has 3 rings (SSSR count). The quantitative estimate of drug-likeness (QED) is 0.737. The highest BCUT2D eigenvalue weighted by molar-refractivity contribution is 9.11. The van der Waals surface area contributed by atoms with Gasteiger partial charge < -0.3 is 10.4 Å². The van der Waals surface area contributed by atoms with E-state index in [1.54, 1.807) is 18.2 Å². The second-order valence-electron chi connectivity index (χ2n) is 4.73. The first kappa shape index (κ1) is 13.6. The molecule has 0 aromatic heterocycles. The molecule has 20 heavy (non-hydrogen) atoms. The van der Waals surface area contributed by atoms with E-state index in [1.165, 1.54) is 0 Å². The number of hydrogen-bond donors (Lipinski definition) is 2. The van der Waals surface area contributed by atoms with E-state index in [0.717, 1.165) is 20.2 Å². The van der Waals surface area contributed by atoms with Crippen LogP contribution in [0.5, 0.6) is 5.75 Å². The van der Waals surface area contributed by atoms with Gasteiger partial charge >= 0.3 is 0 Å². The van der Waals surface area contributed by atoms with Gasteiger partial charge in [0.25, 0.3) is 0 Å². The van der Waals surface area contributed by atoms with Crippen LogP contribution in [0.3, 0.4) is 0 Å². The lowest BCUT2D eigenvalue weighted by Gasteiger charge is -2.27. The third kappa shape index (κ3) is 2.47. The van der Waals surface area contributed by atoms with Gasteiger partial charge in [-0.3, -0.25) is 4.79 Å². The van der Waals surface area contributed by atoms with Gasteiger partial charge in [0, 0.05) is 20.9 Å². The van der Waals surface area contributed by atoms with Crippen LogP contribution >= 0.6 is 31.9 Å². The van der Waals surface area contributed by atoms with Crippen LogP contribution in [0.4, 0.5) is 5.69 Å². The summed E-state index contributed by atoms with van der Waals surface area (Å²) < 4.78 is 1.72. The highest BCUT2D eigenvalue weighted by Crippen LogP contribution is 2.39. The fourth-order valence-corrected chi connectivity index (χ4v) is 3.74. The Hall–Kier alpha value is -1.33. The van der Waals surface area contributed by atoms with Crippen molar-refractivity contribution in [2.75, 3.05) is 5.32 Å². The maximum absolute atomic E-state index is 12.3. The number of nitrogens with one attached hydrogen (secondary N) is 1. The highest BCUT2D eigenvalue weighted by Gasteiger charge is 2.27. The number of carbonyl (C=O) groups excluding carboxylic acids is 1. The summed E-state index contributed by atoms with van der Waals surface area (Å²) >= 11 is 6.88. The number of aromatic hydroxyl groups is 1. The van der Waals surface area contributed by atoms with Gasteiger partial charge in [0.05, 0.1) is 11.7 Å². The van der Waals surface area contributed by atoms with Gasteiger partial charge in [0.2, 0.25) is 0 Å². The number of rotatable bonds is 1. The molecule has 1 aliphatic rings. The van der Waals surface area contributed by atoms with E-state index >= 15 is 0 Å². The number of ketones is 1. The van der Waals surface area contributed by atoms with E-state index < -0.39 is 0 Å². The van der Waals surface area contributed by atoms with Crippen molar-refractivity contribution in [3.63, 3.8) is 0 Å². The summed E-state index contributed by atoms with van der Waals surface area (Å²) in [7, 11) is 0. The minimum Gasteiger partial charge on any atom is -0.508 e. The molecule has 0 saturated carbocycles. The number of fused-ring (bicyclic) bond motifs is 1. The molecule has 2 aromatic carbocycles. The number of phenolic OH excluding ortho intramolecular Hbond substituents is 1. The molecule has 2 aromatic rings. The Morgan fingerprint density at radius 3 is 2.75 bits per heavy atom. The van der Waals surface area contributed by atoms with Gasteiger partial charge in [-0.05, 0) is 45.8 Å². The molecule has 3 nitrogen and oxygen atoms in total. The second-order valence-corrected chi connectivity index (χ2v) is 6.50. The molecule has 1 heterocycles. The van der Waals surface area contributed by atoms with Crippen LogP contribution in [0.2, 0.25) is 0 Å². The molecule has 0 aliphatic carbocycles. The number of phenols is 1. The van der Waals surface area contributed by atoms with Crippen molar-refractivity contribution in [1.82, 2.24) is 0 Å². The average Bonchev–Trinajstić information content (AvgIpc) is 2.39. The molecule has 0 spiro atoms. The Kier molecular flexibility index (Phi) is 3.56. The third-order valence-corrected chi connectivity index (χ3v) is 4.42. The van der Waals surface area contributed by atoms with Gasteiger partial charge in [-0.25, -0.2) is 0 Å². The van der Waals surface area contributed by atoms with Crippen molar-refractivity contribution in [2.24, 2.45) is 0 Å². The molecular formula is C15H11Br2NO2. The summed E-state index contributed by atoms with van der Waals surface area (Å²) in [6.07, 6.45) is 0.374. The Morgan fingerprint density at radius 1 is 1.20 bits per heavy atom. The lowest BCUT2D eigenvalue weighted by atomic mass is 9.92. The predicted molar refractivity (Wildman–Crippen MR) is 85.3 cm³/mol. The number of halogens is 2. The van der Waals surface area contributed by atoms with E-state index in [1.807, 2.05) is 18.2 Å². The first-order chi connectivity index (χ1) is 9.54. The third-order valence-electron chi connectivity index (χ3n) is 3.34. The Bertz CT molecular complexity index is 700. The van der Waals surface area contributed by atoms with Gasteiger partial charge in [0.15, 0.2) is 5.78 Å². The zero-order valence-corrected chi connectivity index (χ0v) is 13.5. The summed E-state index contributed by atoms with van der Waals surface area (Å²) in [4.78, 5) is 12.3. The van der Waals surface area contributed by atoms with Crippen LogP contribution in [0, 0.1) is 0 Å². The van der Waals surface area contributed by atoms with Gasteiger partial charge in [-0.2, -0.15) is 0 Å². The number of carbonyl (C=O) groups is 1. The van der Waals surface area contributed by atoms with Crippen molar-refractivity contribution in [1.29, 1.82) is 0 Å². The van der Waals surface area contributed by atoms with Crippen molar-refractivity contribution < 1.29 is 9.90 Å². The Morgan fingerprint density at radius 2 is 2.00 bits per heavy atom. The van der Waals surface area contributed by atoms with Crippen molar-refractivity contribution >= 4 is 43.3 Å². The number of anilines is 1. The Labute approximate surface area is 133 Å². The van der Waals surface area contributed by atoms with Crippen LogP contribution in [0.25, 0.3) is 0 Å². The maximum Gasteiger partial charge on any atom is 0.167 e. The average molecular weight is 397 g/mol. The monoisotopic (exact) mass is 395 g/mol. The van der Waals surface area contributed by atoms with E-state index in [0.29, 0.717) is 12.0 Å². The standard InChI is InChI=1S/C15H11Br2NO2/c16-9-5-11-14(20)7-13(18-15(11)12(17)6-9)8-2-1-3-10(19)4-8/h1-6,13,18-19H,7H2. The first-order valence-corrected chi connectivity index (χ1v) is 7.71. The molecule has 1 unspecified atom stereocenters. The largest absolute Gasteiger partial charge is 0.508 e. The summed E-state index contributed by atoms with van der Waals surface area (Å²) in [6.45, 7) is 0. The summed E-state index contributed by atoms with van der Waals surface area (Å²) in [5, 5.41) is 12.9. The molecular weight excluding hydrogens is 386 g/mol. The van der Waals surface area contributed by atoms with Gasteiger partial charge in [0.1, 0.15) is 5.75 Å². The van der Waals surface area contributed by atoms with Crippen LogP contribution < -0.4 is 5.32 Å². The maximum atomic E-state index is 12.3. The van der Waals surface area contributed by atoms with E-state index in [9.17, 15) is 9.90 Å². The van der Waals surface area contributed by atoms with E-state index in [4.69, 9.17) is 0 Å². The highest BCUT2D eigenvalue weighted by atomic mass is 79.9. The SMILES string of the molecule is O=C1CC(c2cccc(O)c2)Nc2c(Br)cc(Br)cc21. The first-order valence-electron chi connectivity index (χ1n) is 6.12. The van der Waals surface area contributed by atoms with Crippen LogP contribution in [0.15, 0.2) is 45.3 Å². The molecule has 5 heteroatoms. The summed E-state index contributed by atoms with van der Waals surface area (Å²) in [6, 6.07) is 10.6. The molecule has 0 bridgehead atoms. The molecule has 0 fully saturated rings. The van der Waals surface area contributed by atoms with Crippen LogP contribution in [-0.2, 0) is 0 Å². The minimum atomic E-state index is -0.125. The molecule has 0 saturated heterocycles. The van der Waals surface area contributed by atoms with Crippen molar-refractivity contribution in [3.8, 4) is 5.75 Å². The summed E-state index contributed by atoms with van der Waals surface area (Å²) in [5.41, 5.74) is 2.39. The van der Waals surface area contributed by atoms with Crippen molar-refractivity contribution in [3.05, 3.63) is 56.5 Å². The van der Waals surface area contributed by atoms with Gasteiger partial charge in [-0.15, -0.1) is 0 Å². The molecule has 1 atom stereocenters. The molecule has 2 N–H and O–H groups in total. The van der Waals surface area contributed by atoms with Gasteiger partial charge in [-0.1, -0.05) is 28.1 Å². The zero-order chi connectivity index (χ0) is 14.3. The topological polar surface area (TPSA) is 49.3 Å². The predicted octanol–water partition coefficient (Wildman–Crippen LogP) is 4.66. The molecule has 0 amide bonds. The fourth-order valence-electron chi connectivity index (χ4n) is 2.40. The molecule has 1 aliphatic heterocycles. The lowest BCUT2D eigenvalue weighted by Crippen LogP contribution is -2.23. The number of benzene rings is 2. The van der Waals surface area contributed by atoms with Crippen molar-refractivity contribution in [2.45, 2.75) is 12.5 Å². The Balaban J connectivity index is 2.02. The molecule has 102 valence electrons. The van der Waals surface area contributed by atoms with E-state index in [-0.39, 0.29) is 17.6 Å². The lowest BCUT2D eigenvalue weighted by molar-refractivity contribution is 0.0972.